The molecule has 1 aliphatic heterocycles. The van der Waals surface area contributed by atoms with E-state index in [9.17, 15) is 4.79 Å². The van der Waals surface area contributed by atoms with Gasteiger partial charge in [-0.2, -0.15) is 0 Å². The van der Waals surface area contributed by atoms with E-state index in [1.54, 1.807) is 0 Å². The van der Waals surface area contributed by atoms with Crippen molar-refractivity contribution in [1.82, 2.24) is 15.5 Å². The number of rotatable bonds is 9. The molecular weight excluding hydrogens is 376 g/mol. The molecular formula is C24H38N4O2. The zero-order valence-electron chi connectivity index (χ0n) is 18.6. The van der Waals surface area contributed by atoms with E-state index in [1.807, 2.05) is 18.2 Å². The predicted molar refractivity (Wildman–Crippen MR) is 121 cm³/mol. The van der Waals surface area contributed by atoms with E-state index in [-0.39, 0.29) is 12.0 Å². The summed E-state index contributed by atoms with van der Waals surface area (Å²) in [5.41, 5.74) is 1.20. The van der Waals surface area contributed by atoms with Crippen molar-refractivity contribution in [3.05, 3.63) is 35.9 Å². The Morgan fingerprint density at radius 3 is 2.73 bits per heavy atom. The normalized spacial score (nSPS) is 21.1. The zero-order chi connectivity index (χ0) is 21.2. The van der Waals surface area contributed by atoms with Gasteiger partial charge < -0.3 is 20.3 Å². The number of amides is 1. The quantitative estimate of drug-likeness (QED) is 0.481. The monoisotopic (exact) mass is 414 g/mol. The molecule has 166 valence electrons. The molecule has 1 aliphatic carbocycles. The molecule has 2 atom stereocenters. The van der Waals surface area contributed by atoms with Crippen molar-refractivity contribution < 1.29 is 9.53 Å². The summed E-state index contributed by atoms with van der Waals surface area (Å²) >= 11 is 0. The molecule has 1 heterocycles. The van der Waals surface area contributed by atoms with E-state index in [0.29, 0.717) is 31.6 Å². The SMILES string of the molecule is CCNC(=NCC(C)COCc1ccccc1)NC1CCN(C(=O)C2CCCC2)C1. The second-order valence-corrected chi connectivity index (χ2v) is 8.72. The summed E-state index contributed by atoms with van der Waals surface area (Å²) in [6.45, 7) is 8.74. The molecule has 1 aromatic rings. The maximum Gasteiger partial charge on any atom is 0.225 e. The van der Waals surface area contributed by atoms with Crippen LogP contribution in [-0.4, -0.2) is 55.6 Å². The topological polar surface area (TPSA) is 66.0 Å². The summed E-state index contributed by atoms with van der Waals surface area (Å²) in [6.07, 6.45) is 5.54. The third-order valence-electron chi connectivity index (χ3n) is 5.96. The number of guanidine groups is 1. The third kappa shape index (κ3) is 7.01. The van der Waals surface area contributed by atoms with Crippen LogP contribution in [0.4, 0.5) is 0 Å². The smallest absolute Gasteiger partial charge is 0.225 e. The van der Waals surface area contributed by atoms with E-state index >= 15 is 0 Å². The van der Waals surface area contributed by atoms with Crippen molar-refractivity contribution in [2.24, 2.45) is 16.8 Å². The van der Waals surface area contributed by atoms with Crippen molar-refractivity contribution in [3.63, 3.8) is 0 Å². The Morgan fingerprint density at radius 1 is 1.23 bits per heavy atom. The lowest BCUT2D eigenvalue weighted by Gasteiger charge is -2.21. The van der Waals surface area contributed by atoms with Gasteiger partial charge in [-0.15, -0.1) is 0 Å². The number of carbonyl (C=O) groups excluding carboxylic acids is 1. The molecule has 1 aromatic carbocycles. The van der Waals surface area contributed by atoms with E-state index in [0.717, 1.165) is 44.9 Å². The average Bonchev–Trinajstić information content (AvgIpc) is 3.45. The number of likely N-dealkylation sites (tertiary alicyclic amines) is 1. The van der Waals surface area contributed by atoms with Crippen LogP contribution in [0.3, 0.4) is 0 Å². The molecule has 0 radical (unpaired) electrons. The number of benzene rings is 1. The molecule has 3 rings (SSSR count). The highest BCUT2D eigenvalue weighted by Crippen LogP contribution is 2.27. The van der Waals surface area contributed by atoms with Gasteiger partial charge in [0, 0.05) is 38.1 Å². The molecule has 6 heteroatoms. The number of aliphatic imine (C=N–C) groups is 1. The molecule has 1 saturated heterocycles. The number of ether oxygens (including phenoxy) is 1. The van der Waals surface area contributed by atoms with Gasteiger partial charge in [0.1, 0.15) is 0 Å². The minimum Gasteiger partial charge on any atom is -0.376 e. The van der Waals surface area contributed by atoms with Crippen LogP contribution in [-0.2, 0) is 16.1 Å². The summed E-state index contributed by atoms with van der Waals surface area (Å²) in [6, 6.07) is 10.5. The Balaban J connectivity index is 1.40. The first kappa shape index (κ1) is 22.6. The second-order valence-electron chi connectivity index (χ2n) is 8.72. The molecule has 0 bridgehead atoms. The van der Waals surface area contributed by atoms with Gasteiger partial charge in [-0.3, -0.25) is 9.79 Å². The minimum atomic E-state index is 0.266. The zero-order valence-corrected chi connectivity index (χ0v) is 18.6. The summed E-state index contributed by atoms with van der Waals surface area (Å²) in [5, 5.41) is 6.87. The maximum absolute atomic E-state index is 12.7. The Morgan fingerprint density at radius 2 is 2.00 bits per heavy atom. The van der Waals surface area contributed by atoms with Gasteiger partial charge in [-0.1, -0.05) is 50.1 Å². The lowest BCUT2D eigenvalue weighted by Crippen LogP contribution is -2.45. The van der Waals surface area contributed by atoms with Crippen molar-refractivity contribution in [2.75, 3.05) is 32.8 Å². The van der Waals surface area contributed by atoms with Crippen molar-refractivity contribution in [1.29, 1.82) is 0 Å². The van der Waals surface area contributed by atoms with Crippen LogP contribution in [0.1, 0.15) is 51.5 Å². The first-order valence-electron chi connectivity index (χ1n) is 11.6. The Labute approximate surface area is 181 Å². The number of carbonyl (C=O) groups is 1. The summed E-state index contributed by atoms with van der Waals surface area (Å²) < 4.78 is 5.84. The highest BCUT2D eigenvalue weighted by molar-refractivity contribution is 5.81. The van der Waals surface area contributed by atoms with Crippen LogP contribution in [0.5, 0.6) is 0 Å². The van der Waals surface area contributed by atoms with Crippen molar-refractivity contribution in [3.8, 4) is 0 Å². The molecule has 2 N–H and O–H groups in total. The molecule has 2 aliphatic rings. The average molecular weight is 415 g/mol. The van der Waals surface area contributed by atoms with Gasteiger partial charge in [-0.05, 0) is 37.7 Å². The van der Waals surface area contributed by atoms with Gasteiger partial charge in [0.2, 0.25) is 5.91 Å². The fourth-order valence-corrected chi connectivity index (χ4v) is 4.27. The lowest BCUT2D eigenvalue weighted by molar-refractivity contribution is -0.134. The number of hydrogen-bond donors (Lipinski definition) is 2. The van der Waals surface area contributed by atoms with Crippen LogP contribution in [0, 0.1) is 11.8 Å². The van der Waals surface area contributed by atoms with E-state index < -0.39 is 0 Å². The minimum absolute atomic E-state index is 0.266. The fourth-order valence-electron chi connectivity index (χ4n) is 4.27. The highest BCUT2D eigenvalue weighted by atomic mass is 16.5. The van der Waals surface area contributed by atoms with Crippen LogP contribution >= 0.6 is 0 Å². The first-order valence-corrected chi connectivity index (χ1v) is 11.6. The Hall–Kier alpha value is -2.08. The molecule has 0 aromatic heterocycles. The predicted octanol–water partition coefficient (Wildman–Crippen LogP) is 3.19. The lowest BCUT2D eigenvalue weighted by atomic mass is 10.1. The molecule has 2 unspecified atom stereocenters. The van der Waals surface area contributed by atoms with Crippen LogP contribution in [0.2, 0.25) is 0 Å². The van der Waals surface area contributed by atoms with Gasteiger partial charge >= 0.3 is 0 Å². The van der Waals surface area contributed by atoms with Gasteiger partial charge in [0.25, 0.3) is 0 Å². The maximum atomic E-state index is 12.7. The largest absolute Gasteiger partial charge is 0.376 e. The van der Waals surface area contributed by atoms with E-state index in [2.05, 4.69) is 41.5 Å². The third-order valence-corrected chi connectivity index (χ3v) is 5.96. The Bertz CT molecular complexity index is 673. The second kappa shape index (κ2) is 11.9. The number of nitrogens with zero attached hydrogens (tertiary/aromatic N) is 2. The van der Waals surface area contributed by atoms with Gasteiger partial charge in [0.15, 0.2) is 5.96 Å². The standard InChI is InChI=1S/C24H38N4O2/c1-3-25-24(26-15-19(2)17-30-18-20-9-5-4-6-10-20)27-22-13-14-28(16-22)23(29)21-11-7-8-12-21/h4-6,9-10,19,21-22H,3,7-8,11-18H2,1-2H3,(H2,25,26,27). The highest BCUT2D eigenvalue weighted by Gasteiger charge is 2.32. The summed E-state index contributed by atoms with van der Waals surface area (Å²) in [4.78, 5) is 19.5. The van der Waals surface area contributed by atoms with Crippen LogP contribution in [0.15, 0.2) is 35.3 Å². The van der Waals surface area contributed by atoms with E-state index in [4.69, 9.17) is 9.73 Å². The first-order chi connectivity index (χ1) is 14.7. The van der Waals surface area contributed by atoms with Gasteiger partial charge in [0.05, 0.1) is 13.2 Å². The van der Waals surface area contributed by atoms with Crippen LogP contribution in [0.25, 0.3) is 0 Å². The summed E-state index contributed by atoms with van der Waals surface area (Å²) in [7, 11) is 0. The van der Waals surface area contributed by atoms with Crippen molar-refractivity contribution >= 4 is 11.9 Å². The number of hydrogen-bond acceptors (Lipinski definition) is 3. The van der Waals surface area contributed by atoms with Crippen LogP contribution < -0.4 is 10.6 Å². The fraction of sp³-hybridized carbons (Fsp3) is 0.667. The molecule has 0 spiro atoms. The molecule has 2 fully saturated rings. The summed E-state index contributed by atoms with van der Waals surface area (Å²) in [5.74, 6) is 1.81. The van der Waals surface area contributed by atoms with Gasteiger partial charge in [-0.25, -0.2) is 0 Å². The molecule has 1 amide bonds. The van der Waals surface area contributed by atoms with Crippen molar-refractivity contribution in [2.45, 2.75) is 58.6 Å². The number of nitrogens with one attached hydrogen (secondary N) is 2. The molecule has 1 saturated carbocycles. The molecule has 30 heavy (non-hydrogen) atoms. The molecule has 6 nitrogen and oxygen atoms in total. The Kier molecular flexibility index (Phi) is 9.00. The van der Waals surface area contributed by atoms with E-state index in [1.165, 1.54) is 18.4 Å².